The molecule has 1 aromatic rings. The Labute approximate surface area is 118 Å². The van der Waals surface area contributed by atoms with Crippen molar-refractivity contribution in [2.45, 2.75) is 19.4 Å². The normalized spacial score (nSPS) is 17.2. The zero-order valence-corrected chi connectivity index (χ0v) is 12.0. The van der Waals surface area contributed by atoms with Crippen molar-refractivity contribution in [1.82, 2.24) is 15.2 Å². The molecule has 1 aliphatic heterocycles. The molecule has 2 rings (SSSR count). The summed E-state index contributed by atoms with van der Waals surface area (Å²) in [6.07, 6.45) is 1.56. The highest BCUT2D eigenvalue weighted by atomic mass is 35.5. The van der Waals surface area contributed by atoms with Gasteiger partial charge < -0.3 is 10.6 Å². The number of amides is 1. The third-order valence-corrected chi connectivity index (χ3v) is 3.67. The zero-order chi connectivity index (χ0) is 13.9. The van der Waals surface area contributed by atoms with Gasteiger partial charge in [-0.15, -0.1) is 0 Å². The fourth-order valence-electron chi connectivity index (χ4n) is 2.10. The average Bonchev–Trinajstić information content (AvgIpc) is 2.42. The molecule has 0 spiro atoms. The van der Waals surface area contributed by atoms with Crippen LogP contribution in [0.4, 0.5) is 5.69 Å². The molecule has 0 bridgehead atoms. The molecule has 1 saturated heterocycles. The molecule has 1 aromatic heterocycles. The molecule has 19 heavy (non-hydrogen) atoms. The molecular formula is C13H19ClN4O. The lowest BCUT2D eigenvalue weighted by Gasteiger charge is -2.39. The van der Waals surface area contributed by atoms with E-state index in [0.717, 1.165) is 26.2 Å². The Kier molecular flexibility index (Phi) is 4.39. The molecule has 1 amide bonds. The van der Waals surface area contributed by atoms with Gasteiger partial charge in [0.2, 0.25) is 5.91 Å². The van der Waals surface area contributed by atoms with Crippen LogP contribution in [0.2, 0.25) is 5.15 Å². The minimum Gasteiger partial charge on any atom is -0.323 e. The molecule has 0 radical (unpaired) electrons. The molecule has 2 N–H and O–H groups in total. The highest BCUT2D eigenvalue weighted by Gasteiger charge is 2.35. The Morgan fingerprint density at radius 1 is 1.42 bits per heavy atom. The van der Waals surface area contributed by atoms with Crippen molar-refractivity contribution in [2.24, 2.45) is 0 Å². The van der Waals surface area contributed by atoms with Crippen LogP contribution >= 0.6 is 11.6 Å². The van der Waals surface area contributed by atoms with Crippen LogP contribution in [0.5, 0.6) is 0 Å². The van der Waals surface area contributed by atoms with Crippen molar-refractivity contribution in [3.05, 3.63) is 23.5 Å². The lowest BCUT2D eigenvalue weighted by atomic mass is 10.0. The first-order valence-corrected chi connectivity index (χ1v) is 6.77. The molecule has 1 aliphatic rings. The fourth-order valence-corrected chi connectivity index (χ4v) is 2.21. The molecule has 104 valence electrons. The van der Waals surface area contributed by atoms with E-state index in [2.05, 4.69) is 20.5 Å². The molecule has 0 unspecified atom stereocenters. The van der Waals surface area contributed by atoms with E-state index < -0.39 is 5.54 Å². The van der Waals surface area contributed by atoms with E-state index in [1.165, 1.54) is 0 Å². The summed E-state index contributed by atoms with van der Waals surface area (Å²) in [5, 5.41) is 6.58. The van der Waals surface area contributed by atoms with Crippen LogP contribution < -0.4 is 10.6 Å². The molecule has 0 saturated carbocycles. The van der Waals surface area contributed by atoms with Crippen LogP contribution in [-0.4, -0.2) is 47.5 Å². The maximum atomic E-state index is 12.4. The lowest BCUT2D eigenvalue weighted by Crippen LogP contribution is -2.58. The van der Waals surface area contributed by atoms with E-state index in [1.807, 2.05) is 13.8 Å². The smallest absolute Gasteiger partial charge is 0.244 e. The van der Waals surface area contributed by atoms with Crippen molar-refractivity contribution in [3.8, 4) is 0 Å². The van der Waals surface area contributed by atoms with Crippen molar-refractivity contribution in [3.63, 3.8) is 0 Å². The summed E-state index contributed by atoms with van der Waals surface area (Å²) in [6.45, 7) is 7.46. The summed E-state index contributed by atoms with van der Waals surface area (Å²) in [5.41, 5.74) is 0.125. The molecule has 5 nitrogen and oxygen atoms in total. The number of aromatic nitrogens is 1. The monoisotopic (exact) mass is 282 g/mol. The Bertz CT molecular complexity index is 440. The summed E-state index contributed by atoms with van der Waals surface area (Å²) >= 11 is 5.72. The third kappa shape index (κ3) is 3.43. The second-order valence-corrected chi connectivity index (χ2v) is 5.51. The number of nitrogens with zero attached hydrogens (tertiary/aromatic N) is 2. The minimum atomic E-state index is -0.540. The average molecular weight is 283 g/mol. The van der Waals surface area contributed by atoms with Crippen molar-refractivity contribution >= 4 is 23.2 Å². The van der Waals surface area contributed by atoms with Gasteiger partial charge in [-0.05, 0) is 26.0 Å². The van der Waals surface area contributed by atoms with Crippen LogP contribution in [0.3, 0.4) is 0 Å². The first-order valence-electron chi connectivity index (χ1n) is 6.39. The van der Waals surface area contributed by atoms with Gasteiger partial charge in [-0.25, -0.2) is 4.98 Å². The number of rotatable bonds is 3. The summed E-state index contributed by atoms with van der Waals surface area (Å²) in [7, 11) is 0. The fraction of sp³-hybridized carbons (Fsp3) is 0.538. The van der Waals surface area contributed by atoms with Gasteiger partial charge in [0.1, 0.15) is 5.15 Å². The summed E-state index contributed by atoms with van der Waals surface area (Å²) in [4.78, 5) is 18.5. The molecule has 6 heteroatoms. The number of pyridine rings is 1. The topological polar surface area (TPSA) is 57.3 Å². The quantitative estimate of drug-likeness (QED) is 0.822. The summed E-state index contributed by atoms with van der Waals surface area (Å²) < 4.78 is 0. The predicted molar refractivity (Wildman–Crippen MR) is 76.4 cm³/mol. The van der Waals surface area contributed by atoms with Crippen molar-refractivity contribution in [1.29, 1.82) is 0 Å². The van der Waals surface area contributed by atoms with Gasteiger partial charge >= 0.3 is 0 Å². The van der Waals surface area contributed by atoms with E-state index in [9.17, 15) is 4.79 Å². The standard InChI is InChI=1S/C13H19ClN4O/c1-13(2,18-7-5-15-6-8-18)12(19)17-10-3-4-11(14)16-9-10/h3-4,9,15H,5-8H2,1-2H3,(H,17,19). The molecule has 0 aliphatic carbocycles. The Hall–Kier alpha value is -1.17. The SMILES string of the molecule is CC(C)(C(=O)Nc1ccc(Cl)nc1)N1CCNCC1. The van der Waals surface area contributed by atoms with Crippen molar-refractivity contribution < 1.29 is 4.79 Å². The number of carbonyl (C=O) groups is 1. The first-order chi connectivity index (χ1) is 9.00. The molecule has 0 atom stereocenters. The predicted octanol–water partition coefficient (Wildman–Crippen LogP) is 1.36. The summed E-state index contributed by atoms with van der Waals surface area (Å²) in [6, 6.07) is 3.41. The Morgan fingerprint density at radius 3 is 2.68 bits per heavy atom. The lowest BCUT2D eigenvalue weighted by molar-refractivity contribution is -0.126. The van der Waals surface area contributed by atoms with E-state index in [0.29, 0.717) is 10.8 Å². The van der Waals surface area contributed by atoms with E-state index in [1.54, 1.807) is 18.3 Å². The van der Waals surface area contributed by atoms with Crippen LogP contribution in [0.15, 0.2) is 18.3 Å². The molecule has 0 aromatic carbocycles. The van der Waals surface area contributed by atoms with Crippen LogP contribution in [0.25, 0.3) is 0 Å². The van der Waals surface area contributed by atoms with Gasteiger partial charge in [0, 0.05) is 26.2 Å². The van der Waals surface area contributed by atoms with Crippen LogP contribution in [0.1, 0.15) is 13.8 Å². The van der Waals surface area contributed by atoms with Gasteiger partial charge in [-0.1, -0.05) is 11.6 Å². The molecule has 2 heterocycles. The number of carbonyl (C=O) groups excluding carboxylic acids is 1. The third-order valence-electron chi connectivity index (χ3n) is 3.45. The molecule has 1 fully saturated rings. The van der Waals surface area contributed by atoms with Gasteiger partial charge in [0.05, 0.1) is 17.4 Å². The van der Waals surface area contributed by atoms with Gasteiger partial charge in [0.15, 0.2) is 0 Å². The number of anilines is 1. The van der Waals surface area contributed by atoms with E-state index in [4.69, 9.17) is 11.6 Å². The first kappa shape index (κ1) is 14.2. The number of halogens is 1. The maximum Gasteiger partial charge on any atom is 0.244 e. The molecular weight excluding hydrogens is 264 g/mol. The van der Waals surface area contributed by atoms with Gasteiger partial charge in [-0.2, -0.15) is 0 Å². The number of piperazine rings is 1. The van der Waals surface area contributed by atoms with Crippen LogP contribution in [0, 0.1) is 0 Å². The second kappa shape index (κ2) is 5.86. The highest BCUT2D eigenvalue weighted by Crippen LogP contribution is 2.18. The highest BCUT2D eigenvalue weighted by molar-refractivity contribution is 6.29. The van der Waals surface area contributed by atoms with Crippen molar-refractivity contribution in [2.75, 3.05) is 31.5 Å². The Balaban J connectivity index is 2.03. The number of hydrogen-bond donors (Lipinski definition) is 2. The van der Waals surface area contributed by atoms with E-state index in [-0.39, 0.29) is 5.91 Å². The maximum absolute atomic E-state index is 12.4. The Morgan fingerprint density at radius 2 is 2.11 bits per heavy atom. The van der Waals surface area contributed by atoms with Crippen LogP contribution in [-0.2, 0) is 4.79 Å². The number of nitrogens with one attached hydrogen (secondary N) is 2. The van der Waals surface area contributed by atoms with Gasteiger partial charge in [0.25, 0.3) is 0 Å². The largest absolute Gasteiger partial charge is 0.323 e. The number of hydrogen-bond acceptors (Lipinski definition) is 4. The van der Waals surface area contributed by atoms with Gasteiger partial charge in [-0.3, -0.25) is 9.69 Å². The second-order valence-electron chi connectivity index (χ2n) is 5.12. The van der Waals surface area contributed by atoms with E-state index >= 15 is 0 Å². The zero-order valence-electron chi connectivity index (χ0n) is 11.2. The minimum absolute atomic E-state index is 0.0291. The summed E-state index contributed by atoms with van der Waals surface area (Å²) in [5.74, 6) is -0.0291.